The molecule has 8 heteroatoms. The summed E-state index contributed by atoms with van der Waals surface area (Å²) in [6, 6.07) is 14.2. The number of pyridine rings is 1. The quantitative estimate of drug-likeness (QED) is 0.373. The van der Waals surface area contributed by atoms with Gasteiger partial charge in [0.2, 0.25) is 0 Å². The van der Waals surface area contributed by atoms with Crippen molar-refractivity contribution in [1.29, 1.82) is 0 Å². The Hall–Kier alpha value is -4.30. The molecule has 1 aliphatic rings. The summed E-state index contributed by atoms with van der Waals surface area (Å²) in [6.45, 7) is 3.78. The van der Waals surface area contributed by atoms with Gasteiger partial charge in [-0.3, -0.25) is 19.1 Å². The SMILES string of the molecule is Cc1cccc2ccnc(N(C(=O)c3ccc(-c4cnn(C)c4)c(-c4cnn(C)c4)c3)[C@@H]3CCCNC3)c12. The first kappa shape index (κ1) is 24.1. The van der Waals surface area contributed by atoms with Crippen LogP contribution in [0, 0.1) is 6.92 Å². The van der Waals surface area contributed by atoms with Gasteiger partial charge < -0.3 is 5.32 Å². The fourth-order valence-corrected chi connectivity index (χ4v) is 5.49. The van der Waals surface area contributed by atoms with Crippen LogP contribution >= 0.6 is 0 Å². The maximum atomic E-state index is 14.5. The lowest BCUT2D eigenvalue weighted by Crippen LogP contribution is -2.49. The maximum Gasteiger partial charge on any atom is 0.259 e. The standard InChI is InChI=1S/C30H31N7O/c1-20-6-4-7-21-11-13-32-29(28(20)21)37(25-8-5-12-31-17-25)30(38)22-9-10-26(23-15-33-35(2)18-23)27(14-22)24-16-34-36(3)19-24/h4,6-7,9-11,13-16,18-19,25,31H,5,8,12,17H2,1-3H3/t25-/m1/s1. The average molecular weight is 506 g/mol. The summed E-state index contributed by atoms with van der Waals surface area (Å²) < 4.78 is 3.56. The summed E-state index contributed by atoms with van der Waals surface area (Å²) in [5.41, 5.74) is 5.62. The van der Waals surface area contributed by atoms with Crippen molar-refractivity contribution in [3.05, 3.63) is 84.6 Å². The van der Waals surface area contributed by atoms with Crippen LogP contribution in [0.15, 0.2) is 73.4 Å². The summed E-state index contributed by atoms with van der Waals surface area (Å²) in [7, 11) is 3.80. The maximum absolute atomic E-state index is 14.5. The minimum atomic E-state index is -0.0511. The van der Waals surface area contributed by atoms with Crippen LogP contribution in [0.3, 0.4) is 0 Å². The molecule has 1 fully saturated rings. The van der Waals surface area contributed by atoms with Gasteiger partial charge in [-0.1, -0.05) is 24.3 Å². The number of benzene rings is 2. The zero-order valence-electron chi connectivity index (χ0n) is 21.9. The van der Waals surface area contributed by atoms with E-state index in [9.17, 15) is 4.79 Å². The Bertz CT molecular complexity index is 1620. The molecule has 1 aliphatic heterocycles. The van der Waals surface area contributed by atoms with Crippen molar-refractivity contribution >= 4 is 22.5 Å². The fourth-order valence-electron chi connectivity index (χ4n) is 5.49. The van der Waals surface area contributed by atoms with Crippen molar-refractivity contribution < 1.29 is 4.79 Å². The van der Waals surface area contributed by atoms with E-state index in [-0.39, 0.29) is 11.9 Å². The van der Waals surface area contributed by atoms with Gasteiger partial charge in [0.15, 0.2) is 0 Å². The van der Waals surface area contributed by atoms with E-state index in [1.165, 1.54) is 0 Å². The van der Waals surface area contributed by atoms with Crippen molar-refractivity contribution in [2.45, 2.75) is 25.8 Å². The Kier molecular flexibility index (Phi) is 6.25. The predicted octanol–water partition coefficient (Wildman–Crippen LogP) is 4.74. The van der Waals surface area contributed by atoms with Crippen LogP contribution in [0.1, 0.15) is 28.8 Å². The zero-order chi connectivity index (χ0) is 26.2. The number of aromatic nitrogens is 5. The topological polar surface area (TPSA) is 80.9 Å². The van der Waals surface area contributed by atoms with Crippen LogP contribution in [0.25, 0.3) is 33.0 Å². The Morgan fingerprint density at radius 3 is 2.45 bits per heavy atom. The molecule has 1 amide bonds. The number of piperidine rings is 1. The number of hydrogen-bond donors (Lipinski definition) is 1. The van der Waals surface area contributed by atoms with Crippen LogP contribution < -0.4 is 10.2 Å². The first-order chi connectivity index (χ1) is 18.5. The van der Waals surface area contributed by atoms with Crippen LogP contribution in [0.4, 0.5) is 5.82 Å². The first-order valence-electron chi connectivity index (χ1n) is 13.0. The Labute approximate surface area is 221 Å². The van der Waals surface area contributed by atoms with E-state index in [4.69, 9.17) is 4.98 Å². The highest BCUT2D eigenvalue weighted by molar-refractivity contribution is 6.11. The second-order valence-corrected chi connectivity index (χ2v) is 10.0. The van der Waals surface area contributed by atoms with E-state index in [0.717, 1.165) is 70.3 Å². The van der Waals surface area contributed by atoms with Gasteiger partial charge in [-0.2, -0.15) is 10.2 Å². The summed E-state index contributed by atoms with van der Waals surface area (Å²) in [6.07, 6.45) is 11.4. The average Bonchev–Trinajstić information content (AvgIpc) is 3.57. The highest BCUT2D eigenvalue weighted by Gasteiger charge is 2.31. The van der Waals surface area contributed by atoms with Gasteiger partial charge in [-0.05, 0) is 66.6 Å². The molecule has 0 spiro atoms. The molecule has 8 nitrogen and oxygen atoms in total. The molecule has 0 unspecified atom stereocenters. The summed E-state index contributed by atoms with van der Waals surface area (Å²) in [4.78, 5) is 21.2. The number of nitrogens with zero attached hydrogens (tertiary/aromatic N) is 6. The van der Waals surface area contributed by atoms with E-state index in [1.54, 1.807) is 15.6 Å². The van der Waals surface area contributed by atoms with Gasteiger partial charge in [-0.15, -0.1) is 0 Å². The number of hydrogen-bond acceptors (Lipinski definition) is 5. The highest BCUT2D eigenvalue weighted by Crippen LogP contribution is 2.35. The highest BCUT2D eigenvalue weighted by atomic mass is 16.2. The number of anilines is 1. The third-order valence-electron chi connectivity index (χ3n) is 7.36. The third-order valence-corrected chi connectivity index (χ3v) is 7.36. The van der Waals surface area contributed by atoms with Gasteiger partial charge in [-0.25, -0.2) is 4.98 Å². The van der Waals surface area contributed by atoms with E-state index >= 15 is 0 Å². The van der Waals surface area contributed by atoms with E-state index in [0.29, 0.717) is 5.56 Å². The molecular weight excluding hydrogens is 474 g/mol. The smallest absolute Gasteiger partial charge is 0.259 e. The molecule has 0 saturated carbocycles. The number of nitrogens with one attached hydrogen (secondary N) is 1. The molecule has 192 valence electrons. The van der Waals surface area contributed by atoms with Crippen LogP contribution in [-0.2, 0) is 14.1 Å². The van der Waals surface area contributed by atoms with Crippen molar-refractivity contribution in [2.75, 3.05) is 18.0 Å². The lowest BCUT2D eigenvalue weighted by Gasteiger charge is -2.35. The number of fused-ring (bicyclic) bond motifs is 1. The lowest BCUT2D eigenvalue weighted by molar-refractivity contribution is 0.0972. The molecule has 38 heavy (non-hydrogen) atoms. The third kappa shape index (κ3) is 4.37. The molecule has 3 aromatic heterocycles. The van der Waals surface area contributed by atoms with Gasteiger partial charge in [0.25, 0.3) is 5.91 Å². The molecule has 0 radical (unpaired) electrons. The van der Waals surface area contributed by atoms with Gasteiger partial charge in [0.05, 0.1) is 18.4 Å². The molecule has 5 aromatic rings. The summed E-state index contributed by atoms with van der Waals surface area (Å²) in [5.74, 6) is 0.670. The normalized spacial score (nSPS) is 15.6. The molecule has 6 rings (SSSR count). The van der Waals surface area contributed by atoms with Crippen molar-refractivity contribution in [3.8, 4) is 22.3 Å². The van der Waals surface area contributed by atoms with E-state index in [1.807, 2.05) is 74.1 Å². The predicted molar refractivity (Wildman–Crippen MR) is 150 cm³/mol. The number of rotatable bonds is 5. The zero-order valence-corrected chi connectivity index (χ0v) is 21.9. The molecule has 4 heterocycles. The molecule has 1 atom stereocenters. The van der Waals surface area contributed by atoms with Gasteiger partial charge in [0, 0.05) is 61.3 Å². The molecule has 2 aromatic carbocycles. The van der Waals surface area contributed by atoms with E-state index < -0.39 is 0 Å². The Balaban J connectivity index is 1.51. The van der Waals surface area contributed by atoms with Crippen LogP contribution in [-0.4, -0.2) is 49.6 Å². The second-order valence-electron chi connectivity index (χ2n) is 10.0. The molecular formula is C30H31N7O. The Morgan fingerprint density at radius 2 is 1.76 bits per heavy atom. The van der Waals surface area contributed by atoms with Gasteiger partial charge in [0.1, 0.15) is 5.82 Å². The van der Waals surface area contributed by atoms with Crippen molar-refractivity contribution in [2.24, 2.45) is 14.1 Å². The molecule has 0 aliphatic carbocycles. The monoisotopic (exact) mass is 505 g/mol. The fraction of sp³-hybridized carbons (Fsp3) is 0.267. The lowest BCUT2D eigenvalue weighted by atomic mass is 9.95. The summed E-state index contributed by atoms with van der Waals surface area (Å²) >= 11 is 0. The number of amides is 1. The first-order valence-corrected chi connectivity index (χ1v) is 13.0. The second kappa shape index (κ2) is 9.87. The van der Waals surface area contributed by atoms with Crippen LogP contribution in [0.2, 0.25) is 0 Å². The molecule has 1 N–H and O–H groups in total. The van der Waals surface area contributed by atoms with Crippen molar-refractivity contribution in [3.63, 3.8) is 0 Å². The minimum Gasteiger partial charge on any atom is -0.315 e. The molecule has 0 bridgehead atoms. The minimum absolute atomic E-state index is 0.00815. The van der Waals surface area contributed by atoms with Crippen LogP contribution in [0.5, 0.6) is 0 Å². The number of aryl methyl sites for hydroxylation is 3. The largest absolute Gasteiger partial charge is 0.315 e. The Morgan fingerprint density at radius 1 is 1.00 bits per heavy atom. The number of carbonyl (C=O) groups excluding carboxylic acids is 1. The summed E-state index contributed by atoms with van der Waals surface area (Å²) in [5, 5.41) is 14.3. The van der Waals surface area contributed by atoms with Gasteiger partial charge >= 0.3 is 0 Å². The van der Waals surface area contributed by atoms with E-state index in [2.05, 4.69) is 34.6 Å². The number of carbonyl (C=O) groups is 1. The molecule has 1 saturated heterocycles. The van der Waals surface area contributed by atoms with Crippen molar-refractivity contribution in [1.82, 2.24) is 29.9 Å².